The van der Waals surface area contributed by atoms with Crippen LogP contribution in [0.1, 0.15) is 49.9 Å². The number of nitrogens with one attached hydrogen (secondary N) is 4. The summed E-state index contributed by atoms with van der Waals surface area (Å²) in [6.07, 6.45) is 0. The minimum Gasteiger partial charge on any atom is -0.140 e. The van der Waals surface area contributed by atoms with Gasteiger partial charge < -0.3 is 0 Å². The average Bonchev–Trinajstić information content (AvgIpc) is 3.51. The van der Waals surface area contributed by atoms with E-state index in [1.807, 2.05) is 48.5 Å². The molecular weight excluding hydrogens is 637 g/mol. The molecule has 2 atom stereocenters. The summed E-state index contributed by atoms with van der Waals surface area (Å²) in [6.45, 7) is 9.07. The molecule has 0 aliphatic carbocycles. The highest BCUT2D eigenvalue weighted by Gasteiger charge is 2.71. The Morgan fingerprint density at radius 2 is 0.698 bits per heavy atom. The molecule has 6 rings (SSSR count). The molecule has 0 radical (unpaired) electrons. The molecule has 2 heterocycles. The van der Waals surface area contributed by atoms with Crippen molar-refractivity contribution in [1.82, 2.24) is 20.3 Å². The molecule has 0 aromatic heterocycles. The van der Waals surface area contributed by atoms with E-state index >= 15 is 0 Å². The first-order valence-electron chi connectivity index (χ1n) is 14.6. The second-order valence-corrected chi connectivity index (χ2v) is 16.3. The van der Waals surface area contributed by atoms with Gasteiger partial charge in [-0.25, -0.2) is 0 Å². The van der Waals surface area contributed by atoms with Crippen molar-refractivity contribution >= 4 is 54.3 Å². The van der Waals surface area contributed by atoms with Gasteiger partial charge in [-0.05, 0) is 82.6 Å². The molecule has 4 nitrogen and oxygen atoms in total. The normalized spacial score (nSPS) is 22.1. The monoisotopic (exact) mass is 671 g/mol. The minimum absolute atomic E-state index is 0.0160. The Morgan fingerprint density at radius 1 is 0.465 bits per heavy atom. The van der Waals surface area contributed by atoms with Gasteiger partial charge in [-0.2, -0.15) is 0 Å². The first-order valence-corrected chi connectivity index (χ1v) is 17.9. The average molecular weight is 673 g/mol. The van der Waals surface area contributed by atoms with Crippen molar-refractivity contribution in [3.05, 3.63) is 139 Å². The van der Waals surface area contributed by atoms with E-state index in [4.69, 9.17) is 46.4 Å². The van der Waals surface area contributed by atoms with Crippen LogP contribution in [-0.2, 0) is 11.1 Å². The zero-order valence-corrected chi connectivity index (χ0v) is 28.4. The first kappa shape index (κ1) is 31.3. The third-order valence-corrected chi connectivity index (χ3v) is 12.5. The molecule has 2 fully saturated rings. The van der Waals surface area contributed by atoms with E-state index < -0.39 is 18.9 Å². The Hall–Kier alpha value is -1.69. The van der Waals surface area contributed by atoms with E-state index in [1.54, 1.807) is 0 Å². The van der Waals surface area contributed by atoms with Crippen LogP contribution in [0.25, 0.3) is 0 Å². The quantitative estimate of drug-likeness (QED) is 0.154. The number of hydrogen-bond acceptors (Lipinski definition) is 4. The molecule has 9 heteroatoms. The fourth-order valence-electron chi connectivity index (χ4n) is 6.93. The SMILES string of the molecule is CC(C)[C@@H]1N[P+]2(N[C@@H](C(C)C)C(c3ccc(Cl)cc3)(c3ccc(Cl)cc3)N2)NC1(c1ccc(Cl)cc1)c1ccc(Cl)cc1. The van der Waals surface area contributed by atoms with Crippen molar-refractivity contribution in [2.45, 2.75) is 50.9 Å². The van der Waals surface area contributed by atoms with Crippen LogP contribution in [0.4, 0.5) is 0 Å². The Kier molecular flexibility index (Phi) is 8.67. The molecule has 43 heavy (non-hydrogen) atoms. The number of rotatable bonds is 6. The van der Waals surface area contributed by atoms with Crippen molar-refractivity contribution in [2.75, 3.05) is 0 Å². The molecule has 4 aromatic rings. The smallest absolute Gasteiger partial charge is 0.140 e. The van der Waals surface area contributed by atoms with E-state index in [0.717, 1.165) is 22.3 Å². The minimum atomic E-state index is -2.50. The molecule has 0 amide bonds. The van der Waals surface area contributed by atoms with Gasteiger partial charge in [0.1, 0.15) is 11.1 Å². The summed E-state index contributed by atoms with van der Waals surface area (Å²) in [7, 11) is -2.50. The zero-order chi connectivity index (χ0) is 30.6. The summed E-state index contributed by atoms with van der Waals surface area (Å²) in [4.78, 5) is 0. The Labute approximate surface area is 275 Å². The highest BCUT2D eigenvalue weighted by atomic mass is 35.5. The van der Waals surface area contributed by atoms with Gasteiger partial charge in [0.25, 0.3) is 0 Å². The Morgan fingerprint density at radius 3 is 0.907 bits per heavy atom. The van der Waals surface area contributed by atoms with Gasteiger partial charge in [-0.15, -0.1) is 20.3 Å². The summed E-state index contributed by atoms with van der Waals surface area (Å²) in [6, 6.07) is 32.8. The highest BCUT2D eigenvalue weighted by molar-refractivity contribution is 7.69. The van der Waals surface area contributed by atoms with Crippen LogP contribution >= 0.6 is 54.3 Å². The van der Waals surface area contributed by atoms with Gasteiger partial charge in [0.15, 0.2) is 0 Å². The third kappa shape index (κ3) is 5.44. The molecule has 2 aliphatic heterocycles. The molecule has 4 N–H and O–H groups in total. The number of halogens is 4. The van der Waals surface area contributed by atoms with Crippen LogP contribution in [0.5, 0.6) is 0 Å². The molecule has 224 valence electrons. The topological polar surface area (TPSA) is 48.1 Å². The molecule has 2 saturated heterocycles. The summed E-state index contributed by atoms with van der Waals surface area (Å²) in [5.74, 6) is 0.529. The van der Waals surface area contributed by atoms with Crippen molar-refractivity contribution in [1.29, 1.82) is 0 Å². The molecule has 2 aliphatic rings. The van der Waals surface area contributed by atoms with E-state index in [0.29, 0.717) is 20.1 Å². The fourth-order valence-corrected chi connectivity index (χ4v) is 11.5. The van der Waals surface area contributed by atoms with Crippen molar-refractivity contribution in [3.63, 3.8) is 0 Å². The van der Waals surface area contributed by atoms with Gasteiger partial charge in [0.2, 0.25) is 0 Å². The lowest BCUT2D eigenvalue weighted by Crippen LogP contribution is -2.50. The molecular formula is C34H36Cl4N4P+. The first-order chi connectivity index (χ1) is 20.5. The van der Waals surface area contributed by atoms with Gasteiger partial charge in [-0.3, -0.25) is 0 Å². The van der Waals surface area contributed by atoms with E-state index in [1.165, 1.54) is 0 Å². The van der Waals surface area contributed by atoms with E-state index in [2.05, 4.69) is 96.6 Å². The molecule has 0 bridgehead atoms. The van der Waals surface area contributed by atoms with Crippen LogP contribution in [0.15, 0.2) is 97.1 Å². The zero-order valence-electron chi connectivity index (χ0n) is 24.5. The number of hydrogen-bond donors (Lipinski definition) is 4. The second kappa shape index (κ2) is 11.9. The summed E-state index contributed by atoms with van der Waals surface area (Å²) >= 11 is 25.6. The standard InChI is InChI=1S/C34H36Cl4N4P/c1-21(2)31-33(23-5-13-27(35)14-6-23,24-7-15-28(36)16-8-24)41-43(39-31)40-32(22(3)4)34(42-43,25-9-17-29(37)18-10-25)26-11-19-30(38)20-12-26/h5-22,31-32,39-42H,1-4H3/q+1/t31-,32-,43?/m0/s1. The van der Waals surface area contributed by atoms with Crippen molar-refractivity contribution in [3.8, 4) is 0 Å². The summed E-state index contributed by atoms with van der Waals surface area (Å²) < 4.78 is 0. The van der Waals surface area contributed by atoms with Crippen molar-refractivity contribution < 1.29 is 0 Å². The fraction of sp³-hybridized carbons (Fsp3) is 0.294. The lowest BCUT2D eigenvalue weighted by atomic mass is 9.74. The summed E-state index contributed by atoms with van der Waals surface area (Å²) in [5.41, 5.74) is 3.33. The molecule has 0 unspecified atom stereocenters. The molecule has 4 aromatic carbocycles. The Bertz CT molecular complexity index is 1360. The van der Waals surface area contributed by atoms with Crippen molar-refractivity contribution in [2.24, 2.45) is 11.8 Å². The van der Waals surface area contributed by atoms with Gasteiger partial charge in [0.05, 0.1) is 12.1 Å². The van der Waals surface area contributed by atoms with Gasteiger partial charge >= 0.3 is 7.87 Å². The number of benzene rings is 4. The maximum Gasteiger partial charge on any atom is 0.301 e. The predicted molar refractivity (Wildman–Crippen MR) is 184 cm³/mol. The van der Waals surface area contributed by atoms with Crippen LogP contribution in [-0.4, -0.2) is 12.1 Å². The maximum atomic E-state index is 6.41. The highest BCUT2D eigenvalue weighted by Crippen LogP contribution is 2.65. The van der Waals surface area contributed by atoms with Gasteiger partial charge in [-0.1, -0.05) is 123 Å². The third-order valence-electron chi connectivity index (χ3n) is 8.82. The van der Waals surface area contributed by atoms with Gasteiger partial charge in [0, 0.05) is 20.1 Å². The van der Waals surface area contributed by atoms with Crippen LogP contribution in [0, 0.1) is 11.8 Å². The second-order valence-electron chi connectivity index (χ2n) is 12.2. The lowest BCUT2D eigenvalue weighted by Gasteiger charge is -2.35. The predicted octanol–water partition coefficient (Wildman–Crippen LogP) is 9.60. The van der Waals surface area contributed by atoms with E-state index in [-0.39, 0.29) is 23.9 Å². The molecule has 1 spiro atoms. The maximum absolute atomic E-state index is 6.41. The lowest BCUT2D eigenvalue weighted by molar-refractivity contribution is 0.325. The van der Waals surface area contributed by atoms with Crippen LogP contribution in [0.3, 0.4) is 0 Å². The van der Waals surface area contributed by atoms with Crippen LogP contribution in [0.2, 0.25) is 20.1 Å². The summed E-state index contributed by atoms with van der Waals surface area (Å²) in [5, 5.41) is 19.5. The van der Waals surface area contributed by atoms with E-state index in [9.17, 15) is 0 Å². The Balaban J connectivity index is 1.58. The molecule has 0 saturated carbocycles. The largest absolute Gasteiger partial charge is 0.301 e. The van der Waals surface area contributed by atoms with Crippen LogP contribution < -0.4 is 20.3 Å².